The number of para-hydroxylation sites is 1. The molecule has 1 aromatic heterocycles. The predicted octanol–water partition coefficient (Wildman–Crippen LogP) is 4.08. The van der Waals surface area contributed by atoms with Crippen LogP contribution >= 0.6 is 0 Å². The Balaban J connectivity index is 1.59. The third kappa shape index (κ3) is 5.94. The van der Waals surface area contributed by atoms with Gasteiger partial charge < -0.3 is 20.1 Å². The average molecular weight is 422 g/mol. The molecule has 0 aliphatic heterocycles. The van der Waals surface area contributed by atoms with Crippen molar-refractivity contribution < 1.29 is 24.2 Å². The first kappa shape index (κ1) is 22.1. The Bertz CT molecular complexity index is 1040. The minimum Gasteiger partial charge on any atom is -0.481 e. The van der Waals surface area contributed by atoms with Crippen LogP contribution in [0.5, 0.6) is 0 Å². The van der Waals surface area contributed by atoms with Crippen LogP contribution in [0.25, 0.3) is 10.9 Å². The number of aromatic nitrogens is 1. The Morgan fingerprint density at radius 2 is 1.77 bits per heavy atom. The molecule has 0 spiro atoms. The zero-order valence-electron chi connectivity index (χ0n) is 17.3. The molecular formula is C24H26N2O5. The van der Waals surface area contributed by atoms with Gasteiger partial charge in [0.2, 0.25) is 0 Å². The lowest BCUT2D eigenvalue weighted by Gasteiger charge is -2.18. The van der Waals surface area contributed by atoms with Gasteiger partial charge in [0.05, 0.1) is 12.0 Å². The molecule has 0 unspecified atom stereocenters. The Morgan fingerprint density at radius 3 is 2.48 bits per heavy atom. The summed E-state index contributed by atoms with van der Waals surface area (Å²) in [5.74, 6) is -2.26. The number of fused-ring (bicyclic) bond motifs is 1. The van der Waals surface area contributed by atoms with Crippen LogP contribution in [0.2, 0.25) is 0 Å². The van der Waals surface area contributed by atoms with Gasteiger partial charge in [-0.1, -0.05) is 55.5 Å². The van der Waals surface area contributed by atoms with Gasteiger partial charge in [0, 0.05) is 23.5 Å². The molecule has 0 saturated heterocycles. The molecule has 1 heterocycles. The molecule has 162 valence electrons. The second kappa shape index (κ2) is 10.4. The van der Waals surface area contributed by atoms with E-state index in [2.05, 4.69) is 10.3 Å². The van der Waals surface area contributed by atoms with Crippen molar-refractivity contribution in [3.8, 4) is 0 Å². The lowest BCUT2D eigenvalue weighted by atomic mass is 9.91. The predicted molar refractivity (Wildman–Crippen MR) is 117 cm³/mol. The summed E-state index contributed by atoms with van der Waals surface area (Å²) in [4.78, 5) is 39.8. The molecule has 0 fully saturated rings. The molecule has 0 aliphatic rings. The van der Waals surface area contributed by atoms with E-state index in [1.165, 1.54) is 0 Å². The van der Waals surface area contributed by atoms with Crippen LogP contribution in [-0.2, 0) is 27.4 Å². The van der Waals surface area contributed by atoms with Gasteiger partial charge in [-0.15, -0.1) is 0 Å². The molecule has 0 saturated carbocycles. The summed E-state index contributed by atoms with van der Waals surface area (Å²) in [5, 5.41) is 13.2. The molecule has 3 aromatic rings. The van der Waals surface area contributed by atoms with E-state index >= 15 is 0 Å². The van der Waals surface area contributed by atoms with Crippen LogP contribution < -0.4 is 5.32 Å². The number of benzene rings is 2. The molecule has 3 N–H and O–H groups in total. The van der Waals surface area contributed by atoms with Crippen molar-refractivity contribution in [3.05, 3.63) is 71.9 Å². The summed E-state index contributed by atoms with van der Waals surface area (Å²) < 4.78 is 5.17. The number of carboxylic acids is 1. The van der Waals surface area contributed by atoms with Gasteiger partial charge in [0.15, 0.2) is 5.78 Å². The van der Waals surface area contributed by atoms with Gasteiger partial charge in [-0.25, -0.2) is 4.79 Å². The number of nitrogens with one attached hydrogen (secondary N) is 2. The molecule has 7 nitrogen and oxygen atoms in total. The number of carbonyl (C=O) groups excluding carboxylic acids is 2. The molecule has 2 atom stereocenters. The van der Waals surface area contributed by atoms with Gasteiger partial charge in [0.1, 0.15) is 6.61 Å². The lowest BCUT2D eigenvalue weighted by molar-refractivity contribution is -0.143. The maximum atomic E-state index is 12.7. The minimum absolute atomic E-state index is 0.0929. The summed E-state index contributed by atoms with van der Waals surface area (Å²) in [7, 11) is 0. The Kier molecular flexibility index (Phi) is 7.43. The van der Waals surface area contributed by atoms with Crippen LogP contribution in [0.3, 0.4) is 0 Å². The molecule has 0 aliphatic carbocycles. The van der Waals surface area contributed by atoms with Crippen molar-refractivity contribution in [2.24, 2.45) is 5.92 Å². The quantitative estimate of drug-likeness (QED) is 0.456. The van der Waals surface area contributed by atoms with Gasteiger partial charge in [-0.3, -0.25) is 9.59 Å². The number of H-pyrrole nitrogens is 1. The van der Waals surface area contributed by atoms with E-state index in [1.54, 1.807) is 13.1 Å². The SMILES string of the molecule is CC[C@@H](NC(=O)OCc1ccccc1)C(=O)C[C@@H](Cc1c[nH]c2ccccc12)C(=O)O. The van der Waals surface area contributed by atoms with Gasteiger partial charge in [-0.2, -0.15) is 0 Å². The number of carbonyl (C=O) groups is 3. The number of rotatable bonds is 10. The van der Waals surface area contributed by atoms with Crippen molar-refractivity contribution in [3.63, 3.8) is 0 Å². The van der Waals surface area contributed by atoms with Crippen molar-refractivity contribution in [1.82, 2.24) is 10.3 Å². The van der Waals surface area contributed by atoms with Crippen molar-refractivity contribution in [1.29, 1.82) is 0 Å². The van der Waals surface area contributed by atoms with Crippen LogP contribution in [-0.4, -0.2) is 34.0 Å². The first-order valence-corrected chi connectivity index (χ1v) is 10.3. The number of ketones is 1. The van der Waals surface area contributed by atoms with Crippen LogP contribution in [0.1, 0.15) is 30.9 Å². The Morgan fingerprint density at radius 1 is 1.06 bits per heavy atom. The number of hydrogen-bond donors (Lipinski definition) is 3. The number of alkyl carbamates (subject to hydrolysis) is 1. The van der Waals surface area contributed by atoms with E-state index in [0.717, 1.165) is 22.0 Å². The van der Waals surface area contributed by atoms with E-state index in [4.69, 9.17) is 4.74 Å². The number of amides is 1. The topological polar surface area (TPSA) is 108 Å². The van der Waals surface area contributed by atoms with E-state index in [1.807, 2.05) is 54.6 Å². The highest BCUT2D eigenvalue weighted by atomic mass is 16.5. The zero-order valence-corrected chi connectivity index (χ0v) is 17.3. The second-order valence-corrected chi connectivity index (χ2v) is 7.44. The van der Waals surface area contributed by atoms with Crippen molar-refractivity contribution in [2.75, 3.05) is 0 Å². The first-order chi connectivity index (χ1) is 15.0. The molecule has 7 heteroatoms. The molecule has 3 rings (SSSR count). The average Bonchev–Trinajstić information content (AvgIpc) is 3.19. The van der Waals surface area contributed by atoms with Crippen LogP contribution in [0.15, 0.2) is 60.8 Å². The number of aliphatic carboxylic acids is 1. The van der Waals surface area contributed by atoms with Crippen LogP contribution in [0, 0.1) is 5.92 Å². The summed E-state index contributed by atoms with van der Waals surface area (Å²) in [6.45, 7) is 1.85. The fourth-order valence-corrected chi connectivity index (χ4v) is 3.52. The Labute approximate surface area is 180 Å². The highest BCUT2D eigenvalue weighted by molar-refractivity contribution is 5.90. The van der Waals surface area contributed by atoms with E-state index < -0.39 is 24.0 Å². The van der Waals surface area contributed by atoms with Gasteiger partial charge >= 0.3 is 12.1 Å². The largest absolute Gasteiger partial charge is 0.481 e. The van der Waals surface area contributed by atoms with Gasteiger partial charge in [0.25, 0.3) is 0 Å². The molecule has 31 heavy (non-hydrogen) atoms. The fraction of sp³-hybridized carbons (Fsp3) is 0.292. The smallest absolute Gasteiger partial charge is 0.408 e. The number of hydrogen-bond acceptors (Lipinski definition) is 4. The lowest BCUT2D eigenvalue weighted by Crippen LogP contribution is -2.42. The molecule has 1 amide bonds. The molecule has 0 radical (unpaired) electrons. The maximum Gasteiger partial charge on any atom is 0.408 e. The van der Waals surface area contributed by atoms with E-state index in [9.17, 15) is 19.5 Å². The monoisotopic (exact) mass is 422 g/mol. The third-order valence-electron chi connectivity index (χ3n) is 5.24. The van der Waals surface area contributed by atoms with E-state index in [-0.39, 0.29) is 25.2 Å². The van der Waals surface area contributed by atoms with Crippen LogP contribution in [0.4, 0.5) is 4.79 Å². The number of carboxylic acid groups (broad SMARTS) is 1. The minimum atomic E-state index is -1.04. The maximum absolute atomic E-state index is 12.7. The first-order valence-electron chi connectivity index (χ1n) is 10.3. The van der Waals surface area contributed by atoms with Crippen molar-refractivity contribution >= 4 is 28.7 Å². The Hall–Kier alpha value is -3.61. The second-order valence-electron chi connectivity index (χ2n) is 7.44. The third-order valence-corrected chi connectivity index (χ3v) is 5.24. The highest BCUT2D eigenvalue weighted by Crippen LogP contribution is 2.23. The highest BCUT2D eigenvalue weighted by Gasteiger charge is 2.27. The van der Waals surface area contributed by atoms with E-state index in [0.29, 0.717) is 6.42 Å². The fourth-order valence-electron chi connectivity index (χ4n) is 3.52. The summed E-state index contributed by atoms with van der Waals surface area (Å²) >= 11 is 0. The zero-order chi connectivity index (χ0) is 22.2. The number of Topliss-reactive ketones (excluding diaryl/α,β-unsaturated/α-hetero) is 1. The standard InChI is InChI=1S/C24H26N2O5/c1-2-20(26-24(30)31-15-16-8-4-3-5-9-16)22(27)13-17(23(28)29)12-18-14-25-21-11-7-6-10-19(18)21/h3-11,14,17,20,25H,2,12-13,15H2,1H3,(H,26,30)(H,28,29)/t17-,20-/m1/s1. The van der Waals surface area contributed by atoms with Gasteiger partial charge in [-0.05, 0) is 30.0 Å². The number of aromatic amines is 1. The number of ether oxygens (including phenoxy) is 1. The molecule has 0 bridgehead atoms. The summed E-state index contributed by atoms with van der Waals surface area (Å²) in [6, 6.07) is 16.0. The molecular weight excluding hydrogens is 396 g/mol. The molecule has 2 aromatic carbocycles. The van der Waals surface area contributed by atoms with Crippen molar-refractivity contribution in [2.45, 2.75) is 38.8 Å². The normalized spacial score (nSPS) is 12.8. The summed E-state index contributed by atoms with van der Waals surface area (Å²) in [5.41, 5.74) is 2.60. The summed E-state index contributed by atoms with van der Waals surface area (Å²) in [6.07, 6.45) is 1.47.